The molecule has 0 spiro atoms. The van der Waals surface area contributed by atoms with E-state index in [1.165, 1.54) is 5.56 Å². The quantitative estimate of drug-likeness (QED) is 0.896. The number of carbonyl (C=O) groups excluding carboxylic acids is 1. The van der Waals surface area contributed by atoms with E-state index in [9.17, 15) is 9.90 Å². The molecule has 21 heavy (non-hydrogen) atoms. The lowest BCUT2D eigenvalue weighted by atomic mass is 9.86. The van der Waals surface area contributed by atoms with Gasteiger partial charge in [0.05, 0.1) is 6.10 Å². The molecular weight excluding hydrogens is 264 g/mol. The number of nitrogens with one attached hydrogen (secondary N) is 1. The Morgan fingerprint density at radius 3 is 2.86 bits per heavy atom. The van der Waals surface area contributed by atoms with E-state index in [0.29, 0.717) is 13.1 Å². The summed E-state index contributed by atoms with van der Waals surface area (Å²) < 4.78 is 0. The van der Waals surface area contributed by atoms with Crippen molar-refractivity contribution in [3.8, 4) is 0 Å². The fourth-order valence-corrected chi connectivity index (χ4v) is 2.97. The normalized spacial score (nSPS) is 21.9. The minimum absolute atomic E-state index is 0.0747. The fraction of sp³-hybridized carbons (Fsp3) is 0.588. The molecule has 0 aliphatic heterocycles. The second kappa shape index (κ2) is 7.46. The summed E-state index contributed by atoms with van der Waals surface area (Å²) in [6.45, 7) is 3.21. The van der Waals surface area contributed by atoms with Gasteiger partial charge in [0, 0.05) is 26.1 Å². The monoisotopic (exact) mass is 290 g/mol. The van der Waals surface area contributed by atoms with Crippen molar-refractivity contribution in [1.29, 1.82) is 0 Å². The van der Waals surface area contributed by atoms with E-state index < -0.39 is 0 Å². The van der Waals surface area contributed by atoms with E-state index in [0.717, 1.165) is 31.2 Å². The molecule has 1 fully saturated rings. The molecular formula is C17H26N2O2. The molecule has 0 radical (unpaired) electrons. The number of hydrogen-bond acceptors (Lipinski definition) is 2. The molecule has 1 aliphatic rings. The van der Waals surface area contributed by atoms with Gasteiger partial charge >= 0.3 is 6.03 Å². The van der Waals surface area contributed by atoms with Gasteiger partial charge in [-0.25, -0.2) is 4.79 Å². The summed E-state index contributed by atoms with van der Waals surface area (Å²) in [4.78, 5) is 13.8. The average Bonchev–Trinajstić information content (AvgIpc) is 2.47. The van der Waals surface area contributed by atoms with Crippen LogP contribution in [0.3, 0.4) is 0 Å². The average molecular weight is 290 g/mol. The van der Waals surface area contributed by atoms with Crippen molar-refractivity contribution < 1.29 is 9.90 Å². The van der Waals surface area contributed by atoms with Crippen molar-refractivity contribution in [2.45, 2.75) is 45.3 Å². The summed E-state index contributed by atoms with van der Waals surface area (Å²) in [7, 11) is 1.80. The minimum Gasteiger partial charge on any atom is -0.393 e. The molecule has 1 aromatic rings. The van der Waals surface area contributed by atoms with Gasteiger partial charge in [-0.2, -0.15) is 0 Å². The van der Waals surface area contributed by atoms with Gasteiger partial charge < -0.3 is 15.3 Å². The second-order valence-electron chi connectivity index (χ2n) is 6.14. The van der Waals surface area contributed by atoms with Gasteiger partial charge in [0.15, 0.2) is 0 Å². The topological polar surface area (TPSA) is 52.6 Å². The summed E-state index contributed by atoms with van der Waals surface area (Å²) in [6, 6.07) is 8.05. The number of nitrogens with zero attached hydrogens (tertiary/aromatic N) is 1. The zero-order valence-electron chi connectivity index (χ0n) is 13.0. The van der Waals surface area contributed by atoms with Crippen LogP contribution in [0, 0.1) is 12.8 Å². The predicted octanol–water partition coefficient (Wildman–Crippen LogP) is 2.69. The summed E-state index contributed by atoms with van der Waals surface area (Å²) in [5.41, 5.74) is 2.30. The van der Waals surface area contributed by atoms with E-state index in [4.69, 9.17) is 0 Å². The van der Waals surface area contributed by atoms with E-state index in [2.05, 4.69) is 11.4 Å². The van der Waals surface area contributed by atoms with Crippen molar-refractivity contribution in [2.24, 2.45) is 5.92 Å². The molecule has 2 atom stereocenters. The number of aryl methyl sites for hydroxylation is 1. The lowest BCUT2D eigenvalue weighted by molar-refractivity contribution is 0.0565. The molecule has 2 amide bonds. The van der Waals surface area contributed by atoms with E-state index >= 15 is 0 Å². The largest absolute Gasteiger partial charge is 0.393 e. The number of hydrogen-bond donors (Lipinski definition) is 2. The third kappa shape index (κ3) is 4.74. The number of rotatable bonds is 4. The molecule has 0 heterocycles. The molecule has 2 rings (SSSR count). The summed E-state index contributed by atoms with van der Waals surface area (Å²) >= 11 is 0. The van der Waals surface area contributed by atoms with Gasteiger partial charge in [-0.15, -0.1) is 0 Å². The van der Waals surface area contributed by atoms with Gasteiger partial charge in [0.25, 0.3) is 0 Å². The highest BCUT2D eigenvalue weighted by molar-refractivity contribution is 5.73. The summed E-state index contributed by atoms with van der Waals surface area (Å²) in [5.74, 6) is 0.216. The summed E-state index contributed by atoms with van der Waals surface area (Å²) in [5, 5.41) is 12.9. The highest BCUT2D eigenvalue weighted by Gasteiger charge is 2.25. The molecule has 0 saturated heterocycles. The number of amides is 2. The molecule has 116 valence electrons. The Hall–Kier alpha value is -1.55. The number of aliphatic hydroxyl groups excluding tert-OH is 1. The van der Waals surface area contributed by atoms with Crippen molar-refractivity contribution in [3.63, 3.8) is 0 Å². The van der Waals surface area contributed by atoms with Crippen LogP contribution < -0.4 is 5.32 Å². The van der Waals surface area contributed by atoms with Crippen LogP contribution >= 0.6 is 0 Å². The third-order valence-corrected chi connectivity index (χ3v) is 4.25. The molecule has 4 nitrogen and oxygen atoms in total. The van der Waals surface area contributed by atoms with Gasteiger partial charge in [0.1, 0.15) is 0 Å². The molecule has 0 aromatic heterocycles. The van der Waals surface area contributed by atoms with Crippen LogP contribution in [0.2, 0.25) is 0 Å². The zero-order chi connectivity index (χ0) is 15.2. The van der Waals surface area contributed by atoms with Gasteiger partial charge in [-0.3, -0.25) is 0 Å². The molecule has 4 heteroatoms. The van der Waals surface area contributed by atoms with Crippen LogP contribution in [0.1, 0.15) is 36.8 Å². The van der Waals surface area contributed by atoms with E-state index in [-0.39, 0.29) is 18.1 Å². The Bertz CT molecular complexity index is 476. The van der Waals surface area contributed by atoms with Crippen LogP contribution in [-0.2, 0) is 6.54 Å². The predicted molar refractivity (Wildman–Crippen MR) is 84.0 cm³/mol. The van der Waals surface area contributed by atoms with Crippen LogP contribution in [0.25, 0.3) is 0 Å². The Labute approximate surface area is 127 Å². The lowest BCUT2D eigenvalue weighted by Gasteiger charge is -2.31. The molecule has 1 aliphatic carbocycles. The van der Waals surface area contributed by atoms with Gasteiger partial charge in [0.2, 0.25) is 0 Å². The maximum Gasteiger partial charge on any atom is 0.317 e. The number of aliphatic hydroxyl groups is 1. The van der Waals surface area contributed by atoms with Crippen molar-refractivity contribution in [3.05, 3.63) is 35.4 Å². The molecule has 1 saturated carbocycles. The fourth-order valence-electron chi connectivity index (χ4n) is 2.97. The first-order chi connectivity index (χ1) is 10.1. The maximum absolute atomic E-state index is 12.1. The number of urea groups is 1. The Balaban J connectivity index is 1.79. The molecule has 1 aromatic carbocycles. The van der Waals surface area contributed by atoms with Gasteiger partial charge in [-0.05, 0) is 25.3 Å². The third-order valence-electron chi connectivity index (χ3n) is 4.25. The van der Waals surface area contributed by atoms with Crippen molar-refractivity contribution in [2.75, 3.05) is 13.6 Å². The van der Waals surface area contributed by atoms with Crippen molar-refractivity contribution >= 4 is 6.03 Å². The Morgan fingerprint density at radius 2 is 2.14 bits per heavy atom. The highest BCUT2D eigenvalue weighted by atomic mass is 16.3. The lowest BCUT2D eigenvalue weighted by Crippen LogP contribution is -2.42. The first-order valence-corrected chi connectivity index (χ1v) is 7.79. The first-order valence-electron chi connectivity index (χ1n) is 7.79. The minimum atomic E-state index is -0.259. The highest BCUT2D eigenvalue weighted by Crippen LogP contribution is 2.24. The molecule has 2 unspecified atom stereocenters. The second-order valence-corrected chi connectivity index (χ2v) is 6.14. The SMILES string of the molecule is Cc1cccc(CNC(=O)N(C)CC2CCCCC2O)c1. The zero-order valence-corrected chi connectivity index (χ0v) is 13.0. The van der Waals surface area contributed by atoms with Crippen LogP contribution in [0.4, 0.5) is 4.79 Å². The van der Waals surface area contributed by atoms with Crippen LogP contribution in [0.5, 0.6) is 0 Å². The standard InChI is InChI=1S/C17H26N2O2/c1-13-6-5-7-14(10-13)11-18-17(21)19(2)12-15-8-3-4-9-16(15)20/h5-7,10,15-16,20H,3-4,8-9,11-12H2,1-2H3,(H,18,21). The number of benzene rings is 1. The maximum atomic E-state index is 12.1. The van der Waals surface area contributed by atoms with Crippen molar-refractivity contribution in [1.82, 2.24) is 10.2 Å². The van der Waals surface area contributed by atoms with Crippen LogP contribution in [0.15, 0.2) is 24.3 Å². The Morgan fingerprint density at radius 1 is 1.38 bits per heavy atom. The molecule has 0 bridgehead atoms. The van der Waals surface area contributed by atoms with Gasteiger partial charge in [-0.1, -0.05) is 42.7 Å². The summed E-state index contributed by atoms with van der Waals surface area (Å²) in [6.07, 6.45) is 3.87. The number of carbonyl (C=O) groups is 1. The van der Waals surface area contributed by atoms with E-state index in [1.807, 2.05) is 25.1 Å². The van der Waals surface area contributed by atoms with E-state index in [1.54, 1.807) is 11.9 Å². The Kier molecular flexibility index (Phi) is 5.62. The van der Waals surface area contributed by atoms with Crippen LogP contribution in [-0.4, -0.2) is 35.7 Å². The first kappa shape index (κ1) is 15.8. The smallest absolute Gasteiger partial charge is 0.317 e. The molecule has 2 N–H and O–H groups in total.